The molecule has 0 bridgehead atoms. The first kappa shape index (κ1) is 14.5. The van der Waals surface area contributed by atoms with E-state index < -0.39 is 21.2 Å². The Labute approximate surface area is 109 Å². The minimum absolute atomic E-state index is 0.167. The Hall–Kier alpha value is -1.59. The fraction of sp³-hybridized carbons (Fsp3) is 0.400. The van der Waals surface area contributed by atoms with E-state index in [0.717, 1.165) is 23.1 Å². The molecule has 18 heavy (non-hydrogen) atoms. The van der Waals surface area contributed by atoms with Crippen LogP contribution in [0, 0.1) is 25.2 Å². The summed E-state index contributed by atoms with van der Waals surface area (Å²) >= 11 is 1.12. The van der Waals surface area contributed by atoms with E-state index in [4.69, 9.17) is 10.4 Å². The van der Waals surface area contributed by atoms with Gasteiger partial charge in [-0.05, 0) is 26.3 Å². The summed E-state index contributed by atoms with van der Waals surface area (Å²) in [6.45, 7) is 4.55. The predicted octanol–water partition coefficient (Wildman–Crippen LogP) is 1.45. The summed E-state index contributed by atoms with van der Waals surface area (Å²) < 4.78 is 25.6. The van der Waals surface area contributed by atoms with Crippen molar-refractivity contribution in [2.45, 2.75) is 26.0 Å². The van der Waals surface area contributed by atoms with E-state index in [-0.39, 0.29) is 10.6 Å². The molecule has 0 aliphatic carbocycles. The minimum atomic E-state index is -4.04. The average Bonchev–Trinajstić information content (AvgIpc) is 2.52. The normalized spacial score (nSPS) is 12.8. The highest BCUT2D eigenvalue weighted by Gasteiger charge is 2.29. The van der Waals surface area contributed by atoms with Gasteiger partial charge in [-0.3, -0.25) is 9.52 Å². The van der Waals surface area contributed by atoms with Gasteiger partial charge in [0.15, 0.2) is 5.25 Å². The number of nitriles is 1. The molecule has 0 amide bonds. The van der Waals surface area contributed by atoms with Crippen LogP contribution in [-0.2, 0) is 14.8 Å². The first-order valence-corrected chi connectivity index (χ1v) is 7.31. The van der Waals surface area contributed by atoms with Gasteiger partial charge in [0.2, 0.25) is 10.0 Å². The summed E-state index contributed by atoms with van der Waals surface area (Å²) in [7, 11) is -4.04. The maximum absolute atomic E-state index is 11.7. The standard InChI is InChI=1S/C10H12N2O4S2/c1-5-6(2)17-9(8(5)4-11)12-18(15,16)7(3)10(13)14/h7,12H,1-3H3,(H,13,14). The number of aliphatic carboxylic acids is 1. The third-order valence-electron chi connectivity index (χ3n) is 2.55. The van der Waals surface area contributed by atoms with Crippen LogP contribution in [0.15, 0.2) is 0 Å². The summed E-state index contributed by atoms with van der Waals surface area (Å²) in [6, 6.07) is 1.91. The molecule has 0 spiro atoms. The Balaban J connectivity index is 3.18. The number of hydrogen-bond donors (Lipinski definition) is 2. The number of hydrogen-bond acceptors (Lipinski definition) is 5. The van der Waals surface area contributed by atoms with Gasteiger partial charge in [0.25, 0.3) is 0 Å². The molecule has 0 aromatic carbocycles. The molecular formula is C10H12N2O4S2. The highest BCUT2D eigenvalue weighted by molar-refractivity contribution is 7.94. The largest absolute Gasteiger partial charge is 0.480 e. The van der Waals surface area contributed by atoms with E-state index in [1.807, 2.05) is 6.07 Å². The predicted molar refractivity (Wildman–Crippen MR) is 68.1 cm³/mol. The van der Waals surface area contributed by atoms with Crippen molar-refractivity contribution in [2.75, 3.05) is 4.72 Å². The van der Waals surface area contributed by atoms with Gasteiger partial charge in [-0.1, -0.05) is 0 Å². The number of carbonyl (C=O) groups is 1. The van der Waals surface area contributed by atoms with Crippen LogP contribution in [0.2, 0.25) is 0 Å². The number of carboxylic acids is 1. The van der Waals surface area contributed by atoms with Crippen molar-refractivity contribution in [1.29, 1.82) is 5.26 Å². The molecule has 0 saturated carbocycles. The van der Waals surface area contributed by atoms with Gasteiger partial charge < -0.3 is 5.11 Å². The number of nitrogens with one attached hydrogen (secondary N) is 1. The highest BCUT2D eigenvalue weighted by atomic mass is 32.2. The molecule has 1 rings (SSSR count). The summed E-state index contributed by atoms with van der Waals surface area (Å²) in [5.74, 6) is -1.44. The molecule has 8 heteroatoms. The lowest BCUT2D eigenvalue weighted by molar-refractivity contribution is -0.136. The van der Waals surface area contributed by atoms with Gasteiger partial charge in [-0.25, -0.2) is 8.42 Å². The van der Waals surface area contributed by atoms with E-state index in [2.05, 4.69) is 4.72 Å². The summed E-state index contributed by atoms with van der Waals surface area (Å²) in [6.07, 6.45) is 0. The summed E-state index contributed by atoms with van der Waals surface area (Å²) in [5, 5.41) is 16.3. The fourth-order valence-electron chi connectivity index (χ4n) is 1.18. The Kier molecular flexibility index (Phi) is 3.98. The highest BCUT2D eigenvalue weighted by Crippen LogP contribution is 2.32. The minimum Gasteiger partial charge on any atom is -0.480 e. The van der Waals surface area contributed by atoms with E-state index in [9.17, 15) is 13.2 Å². The molecule has 98 valence electrons. The molecule has 6 nitrogen and oxygen atoms in total. The van der Waals surface area contributed by atoms with Crippen LogP contribution in [0.1, 0.15) is 22.9 Å². The molecule has 0 fully saturated rings. The third-order valence-corrected chi connectivity index (χ3v) is 5.42. The molecule has 0 radical (unpaired) electrons. The van der Waals surface area contributed by atoms with Crippen molar-refractivity contribution in [2.24, 2.45) is 0 Å². The van der Waals surface area contributed by atoms with E-state index in [1.54, 1.807) is 13.8 Å². The number of rotatable bonds is 4. The molecule has 1 aromatic rings. The molecule has 1 heterocycles. The van der Waals surface area contributed by atoms with Gasteiger partial charge in [-0.15, -0.1) is 11.3 Å². The first-order valence-electron chi connectivity index (χ1n) is 4.95. The lowest BCUT2D eigenvalue weighted by Crippen LogP contribution is -2.32. The van der Waals surface area contributed by atoms with Crippen molar-refractivity contribution in [3.05, 3.63) is 16.0 Å². The molecule has 1 atom stereocenters. The van der Waals surface area contributed by atoms with Crippen molar-refractivity contribution in [1.82, 2.24) is 0 Å². The Morgan fingerprint density at radius 1 is 1.50 bits per heavy atom. The summed E-state index contributed by atoms with van der Waals surface area (Å²) in [5.41, 5.74) is 0.932. The number of sulfonamides is 1. The zero-order valence-electron chi connectivity index (χ0n) is 10.0. The molecule has 0 aliphatic heterocycles. The Morgan fingerprint density at radius 3 is 2.50 bits per heavy atom. The zero-order chi connectivity index (χ0) is 14.1. The van der Waals surface area contributed by atoms with Crippen LogP contribution < -0.4 is 4.72 Å². The molecule has 0 aliphatic rings. The number of anilines is 1. The molecule has 0 saturated heterocycles. The zero-order valence-corrected chi connectivity index (χ0v) is 11.6. The van der Waals surface area contributed by atoms with Gasteiger partial charge in [-0.2, -0.15) is 5.26 Å². The second kappa shape index (κ2) is 4.96. The molecule has 1 aromatic heterocycles. The number of nitrogens with zero attached hydrogens (tertiary/aromatic N) is 1. The summed E-state index contributed by atoms with van der Waals surface area (Å²) in [4.78, 5) is 11.5. The Bertz CT molecular complexity index is 625. The smallest absolute Gasteiger partial charge is 0.323 e. The molecular weight excluding hydrogens is 276 g/mol. The monoisotopic (exact) mass is 288 g/mol. The maximum atomic E-state index is 11.7. The van der Waals surface area contributed by atoms with Crippen LogP contribution in [0.3, 0.4) is 0 Å². The van der Waals surface area contributed by atoms with Gasteiger partial charge >= 0.3 is 5.97 Å². The second-order valence-corrected chi connectivity index (χ2v) is 6.95. The van der Waals surface area contributed by atoms with Crippen LogP contribution >= 0.6 is 11.3 Å². The van der Waals surface area contributed by atoms with Crippen molar-refractivity contribution >= 4 is 32.3 Å². The Morgan fingerprint density at radius 2 is 2.06 bits per heavy atom. The second-order valence-electron chi connectivity index (χ2n) is 3.73. The van der Waals surface area contributed by atoms with Crippen LogP contribution in [-0.4, -0.2) is 24.7 Å². The van der Waals surface area contributed by atoms with Gasteiger partial charge in [0, 0.05) is 4.88 Å². The van der Waals surface area contributed by atoms with Crippen molar-refractivity contribution < 1.29 is 18.3 Å². The topological polar surface area (TPSA) is 107 Å². The van der Waals surface area contributed by atoms with Crippen LogP contribution in [0.5, 0.6) is 0 Å². The first-order chi connectivity index (χ1) is 8.20. The lowest BCUT2D eigenvalue weighted by Gasteiger charge is -2.09. The lowest BCUT2D eigenvalue weighted by atomic mass is 10.2. The van der Waals surface area contributed by atoms with E-state index >= 15 is 0 Å². The van der Waals surface area contributed by atoms with E-state index in [1.165, 1.54) is 0 Å². The average molecular weight is 288 g/mol. The number of carboxylic acid groups (broad SMARTS) is 1. The SMILES string of the molecule is Cc1sc(NS(=O)(=O)C(C)C(=O)O)c(C#N)c1C. The van der Waals surface area contributed by atoms with Gasteiger partial charge in [0.05, 0.1) is 5.56 Å². The quantitative estimate of drug-likeness (QED) is 0.872. The number of aryl methyl sites for hydroxylation is 1. The maximum Gasteiger partial charge on any atom is 0.323 e. The fourth-order valence-corrected chi connectivity index (χ4v) is 3.36. The van der Waals surface area contributed by atoms with E-state index in [0.29, 0.717) is 5.56 Å². The van der Waals surface area contributed by atoms with Crippen LogP contribution in [0.25, 0.3) is 0 Å². The van der Waals surface area contributed by atoms with Crippen LogP contribution in [0.4, 0.5) is 5.00 Å². The van der Waals surface area contributed by atoms with Crippen molar-refractivity contribution in [3.8, 4) is 6.07 Å². The molecule has 1 unspecified atom stereocenters. The third kappa shape index (κ3) is 2.63. The number of thiophene rings is 1. The van der Waals surface area contributed by atoms with Gasteiger partial charge in [0.1, 0.15) is 11.1 Å². The molecule has 2 N–H and O–H groups in total. The van der Waals surface area contributed by atoms with Crippen molar-refractivity contribution in [3.63, 3.8) is 0 Å².